The molecule has 2 heterocycles. The maximum absolute atomic E-state index is 12.1. The van der Waals surface area contributed by atoms with Crippen LogP contribution in [-0.2, 0) is 16.4 Å². The fraction of sp³-hybridized carbons (Fsp3) is 0.125. The summed E-state index contributed by atoms with van der Waals surface area (Å²) in [5.41, 5.74) is 1.81. The third-order valence-electron chi connectivity index (χ3n) is 3.26. The van der Waals surface area contributed by atoms with Crippen molar-refractivity contribution in [2.45, 2.75) is 10.6 Å². The van der Waals surface area contributed by atoms with Crippen molar-refractivity contribution in [2.75, 3.05) is 6.54 Å². The van der Waals surface area contributed by atoms with Gasteiger partial charge in [-0.05, 0) is 24.1 Å². The molecule has 0 bridgehead atoms. The molecule has 0 unspecified atom stereocenters. The smallest absolute Gasteiger partial charge is 0.236 e. The Bertz CT molecular complexity index is 910. The van der Waals surface area contributed by atoms with Crippen molar-refractivity contribution < 1.29 is 8.42 Å². The van der Waals surface area contributed by atoms with Gasteiger partial charge in [-0.3, -0.25) is 0 Å². The predicted octanol–water partition coefficient (Wildman–Crippen LogP) is 3.38. The fourth-order valence-corrected chi connectivity index (χ4v) is 4.62. The molecule has 0 aliphatic heterocycles. The van der Waals surface area contributed by atoms with Crippen LogP contribution in [0.2, 0.25) is 4.34 Å². The average Bonchev–Trinajstić information content (AvgIpc) is 3.04. The van der Waals surface area contributed by atoms with Crippen LogP contribution in [0.25, 0.3) is 11.4 Å². The first kappa shape index (κ1) is 17.0. The Kier molecular flexibility index (Phi) is 5.25. The van der Waals surface area contributed by atoms with Gasteiger partial charge in [0.1, 0.15) is 4.21 Å². The summed E-state index contributed by atoms with van der Waals surface area (Å²) in [5.74, 6) is 0.646. The van der Waals surface area contributed by atoms with E-state index in [1.807, 2.05) is 30.3 Å². The van der Waals surface area contributed by atoms with Gasteiger partial charge < -0.3 is 0 Å². The third-order valence-corrected chi connectivity index (χ3v) is 6.44. The Hall–Kier alpha value is -1.80. The molecule has 0 spiro atoms. The third kappa shape index (κ3) is 4.18. The minimum Gasteiger partial charge on any atom is -0.236 e. The van der Waals surface area contributed by atoms with Crippen molar-refractivity contribution in [3.63, 3.8) is 0 Å². The number of hydrogen-bond donors (Lipinski definition) is 1. The molecule has 0 fully saturated rings. The van der Waals surface area contributed by atoms with Gasteiger partial charge in [0.05, 0.1) is 4.34 Å². The molecule has 0 atom stereocenters. The number of hydrogen-bond acceptors (Lipinski definition) is 5. The maximum atomic E-state index is 12.1. The molecule has 1 aromatic carbocycles. The second kappa shape index (κ2) is 7.40. The van der Waals surface area contributed by atoms with Gasteiger partial charge in [-0.15, -0.1) is 11.3 Å². The van der Waals surface area contributed by atoms with Gasteiger partial charge in [-0.2, -0.15) is 0 Å². The highest BCUT2D eigenvalue weighted by atomic mass is 35.5. The molecule has 3 rings (SSSR count). The Morgan fingerprint density at radius 3 is 2.38 bits per heavy atom. The molecule has 0 aliphatic carbocycles. The second-order valence-electron chi connectivity index (χ2n) is 4.99. The molecular formula is C16H14ClN3O2S2. The zero-order valence-corrected chi connectivity index (χ0v) is 14.9. The van der Waals surface area contributed by atoms with E-state index in [4.69, 9.17) is 11.6 Å². The minimum atomic E-state index is -3.52. The van der Waals surface area contributed by atoms with Crippen molar-refractivity contribution >= 4 is 33.0 Å². The van der Waals surface area contributed by atoms with Crippen LogP contribution in [0.1, 0.15) is 5.56 Å². The fourth-order valence-electron chi connectivity index (χ4n) is 2.06. The van der Waals surface area contributed by atoms with Crippen LogP contribution < -0.4 is 4.72 Å². The quantitative estimate of drug-likeness (QED) is 0.712. The standard InChI is InChI=1S/C16H14ClN3O2S2/c17-14-6-7-15(23-14)24(21,22)20-9-8-12-10-18-16(19-11-12)13-4-2-1-3-5-13/h1-7,10-11,20H,8-9H2. The zero-order chi connectivity index (χ0) is 17.0. The number of halogens is 1. The molecule has 0 saturated heterocycles. The Balaban J connectivity index is 1.59. The largest absolute Gasteiger partial charge is 0.250 e. The molecule has 3 aromatic rings. The summed E-state index contributed by atoms with van der Waals surface area (Å²) in [6.45, 7) is 0.270. The maximum Gasteiger partial charge on any atom is 0.250 e. The molecule has 0 aliphatic rings. The lowest BCUT2D eigenvalue weighted by molar-refractivity contribution is 0.583. The van der Waals surface area contributed by atoms with Crippen molar-refractivity contribution in [2.24, 2.45) is 0 Å². The summed E-state index contributed by atoms with van der Waals surface area (Å²) in [6.07, 6.45) is 3.94. The number of benzene rings is 1. The van der Waals surface area contributed by atoms with E-state index in [2.05, 4.69) is 14.7 Å². The molecule has 0 amide bonds. The second-order valence-corrected chi connectivity index (χ2v) is 8.70. The van der Waals surface area contributed by atoms with Gasteiger partial charge >= 0.3 is 0 Å². The van der Waals surface area contributed by atoms with Gasteiger partial charge in [-0.25, -0.2) is 23.1 Å². The van der Waals surface area contributed by atoms with Crippen LogP contribution in [0.15, 0.2) is 59.1 Å². The number of thiophene rings is 1. The molecule has 124 valence electrons. The van der Waals surface area contributed by atoms with Crippen molar-refractivity contribution in [1.29, 1.82) is 0 Å². The lowest BCUT2D eigenvalue weighted by Crippen LogP contribution is -2.25. The summed E-state index contributed by atoms with van der Waals surface area (Å²) in [5, 5.41) is 0. The number of aromatic nitrogens is 2. The molecular weight excluding hydrogens is 366 g/mol. The number of rotatable bonds is 6. The topological polar surface area (TPSA) is 72.0 Å². The van der Waals surface area contributed by atoms with E-state index < -0.39 is 10.0 Å². The number of sulfonamides is 1. The first-order valence-corrected chi connectivity index (χ1v) is 9.84. The van der Waals surface area contributed by atoms with Crippen LogP contribution in [0.5, 0.6) is 0 Å². The van der Waals surface area contributed by atoms with Crippen molar-refractivity contribution in [3.8, 4) is 11.4 Å². The van der Waals surface area contributed by atoms with Crippen LogP contribution >= 0.6 is 22.9 Å². The van der Waals surface area contributed by atoms with Gasteiger partial charge in [0.2, 0.25) is 10.0 Å². The lowest BCUT2D eigenvalue weighted by atomic mass is 10.2. The Morgan fingerprint density at radius 1 is 1.04 bits per heavy atom. The molecule has 8 heteroatoms. The predicted molar refractivity (Wildman–Crippen MR) is 95.7 cm³/mol. The van der Waals surface area contributed by atoms with Crippen molar-refractivity contribution in [3.05, 3.63) is 64.8 Å². The summed E-state index contributed by atoms with van der Waals surface area (Å²) < 4.78 is 27.4. The highest BCUT2D eigenvalue weighted by Gasteiger charge is 2.15. The van der Waals surface area contributed by atoms with E-state index in [0.29, 0.717) is 16.6 Å². The molecule has 2 aromatic heterocycles. The summed E-state index contributed by atoms with van der Waals surface area (Å²) >= 11 is 6.80. The lowest BCUT2D eigenvalue weighted by Gasteiger charge is -2.05. The van der Waals surface area contributed by atoms with Crippen LogP contribution in [0, 0.1) is 0 Å². The SMILES string of the molecule is O=S(=O)(NCCc1cnc(-c2ccccc2)nc1)c1ccc(Cl)s1. The van der Waals surface area contributed by atoms with Crippen LogP contribution in [-0.4, -0.2) is 24.9 Å². The van der Waals surface area contributed by atoms with Gasteiger partial charge in [0.25, 0.3) is 0 Å². The molecule has 0 radical (unpaired) electrons. The molecule has 0 saturated carbocycles. The van der Waals surface area contributed by atoms with E-state index in [1.165, 1.54) is 6.07 Å². The minimum absolute atomic E-state index is 0.211. The van der Waals surface area contributed by atoms with Gasteiger partial charge in [-0.1, -0.05) is 41.9 Å². The first-order valence-electron chi connectivity index (χ1n) is 7.16. The monoisotopic (exact) mass is 379 g/mol. The molecule has 24 heavy (non-hydrogen) atoms. The van der Waals surface area contributed by atoms with E-state index in [1.54, 1.807) is 18.5 Å². The van der Waals surface area contributed by atoms with Crippen LogP contribution in [0.3, 0.4) is 0 Å². The number of nitrogens with zero attached hydrogens (tertiary/aromatic N) is 2. The van der Waals surface area contributed by atoms with Crippen molar-refractivity contribution in [1.82, 2.24) is 14.7 Å². The average molecular weight is 380 g/mol. The van der Waals surface area contributed by atoms with Gasteiger partial charge in [0, 0.05) is 24.5 Å². The van der Waals surface area contributed by atoms with E-state index in [0.717, 1.165) is 22.5 Å². The van der Waals surface area contributed by atoms with E-state index in [9.17, 15) is 8.42 Å². The number of nitrogens with one attached hydrogen (secondary N) is 1. The Labute approximate surface area is 149 Å². The molecule has 1 N–H and O–H groups in total. The zero-order valence-electron chi connectivity index (χ0n) is 12.5. The molecule has 5 nitrogen and oxygen atoms in total. The normalized spacial score (nSPS) is 11.5. The summed E-state index contributed by atoms with van der Waals surface area (Å²) in [6, 6.07) is 12.7. The first-order chi connectivity index (χ1) is 11.5. The van der Waals surface area contributed by atoms with Gasteiger partial charge in [0.15, 0.2) is 5.82 Å². The summed E-state index contributed by atoms with van der Waals surface area (Å²) in [7, 11) is -3.52. The highest BCUT2D eigenvalue weighted by molar-refractivity contribution is 7.91. The van der Waals surface area contributed by atoms with Crippen LogP contribution in [0.4, 0.5) is 0 Å². The van der Waals surface area contributed by atoms with E-state index >= 15 is 0 Å². The summed E-state index contributed by atoms with van der Waals surface area (Å²) in [4.78, 5) is 8.64. The van der Waals surface area contributed by atoms with E-state index in [-0.39, 0.29) is 10.8 Å². The highest BCUT2D eigenvalue weighted by Crippen LogP contribution is 2.25. The Morgan fingerprint density at radius 2 is 1.75 bits per heavy atom.